The lowest BCUT2D eigenvalue weighted by molar-refractivity contribution is -0.138. The van der Waals surface area contributed by atoms with Gasteiger partial charge in [-0.25, -0.2) is 9.97 Å². The zero-order chi connectivity index (χ0) is 14.9. The monoisotopic (exact) mass is 274 g/mol. The molecule has 2 aromatic heterocycles. The second-order valence-electron chi connectivity index (χ2n) is 5.06. The molecule has 106 valence electrons. The fraction of sp³-hybridized carbons (Fsp3) is 0.429. The second-order valence-corrected chi connectivity index (χ2v) is 5.06. The van der Waals surface area contributed by atoms with Gasteiger partial charge >= 0.3 is 5.97 Å². The molecule has 6 heteroatoms. The van der Waals surface area contributed by atoms with E-state index in [0.29, 0.717) is 11.8 Å². The molecule has 0 aromatic carbocycles. The van der Waals surface area contributed by atoms with E-state index in [-0.39, 0.29) is 11.9 Å². The van der Waals surface area contributed by atoms with Crippen molar-refractivity contribution in [2.75, 3.05) is 0 Å². The highest BCUT2D eigenvalue weighted by molar-refractivity contribution is 5.74. The average Bonchev–Trinajstić information content (AvgIpc) is 2.68. The molecular formula is C14H18N4O2. The number of nitrogens with zero attached hydrogens (tertiary/aromatic N) is 4. The molecule has 0 radical (unpaired) electrons. The third kappa shape index (κ3) is 3.01. The number of hydrogen-bond acceptors (Lipinski definition) is 5. The molecule has 0 spiro atoms. The van der Waals surface area contributed by atoms with Gasteiger partial charge in [0.2, 0.25) is 5.88 Å². The van der Waals surface area contributed by atoms with Gasteiger partial charge in [-0.3, -0.25) is 4.79 Å². The summed E-state index contributed by atoms with van der Waals surface area (Å²) in [6.45, 7) is 9.15. The molecular weight excluding hydrogens is 256 g/mol. The van der Waals surface area contributed by atoms with E-state index in [0.717, 1.165) is 17.1 Å². The van der Waals surface area contributed by atoms with Crippen molar-refractivity contribution >= 4 is 5.97 Å². The Hall–Kier alpha value is -2.24. The summed E-state index contributed by atoms with van der Waals surface area (Å²) in [5, 5.41) is 4.29. The zero-order valence-electron chi connectivity index (χ0n) is 12.3. The van der Waals surface area contributed by atoms with Crippen LogP contribution < -0.4 is 4.74 Å². The number of aromatic nitrogens is 4. The number of ether oxygens (including phenoxy) is 1. The van der Waals surface area contributed by atoms with Crippen LogP contribution in [0.4, 0.5) is 0 Å². The molecule has 0 bridgehead atoms. The van der Waals surface area contributed by atoms with E-state index < -0.39 is 0 Å². The molecule has 0 saturated carbocycles. The van der Waals surface area contributed by atoms with E-state index in [4.69, 9.17) is 4.74 Å². The molecule has 0 fully saturated rings. The third-order valence-electron chi connectivity index (χ3n) is 2.64. The fourth-order valence-electron chi connectivity index (χ4n) is 1.71. The summed E-state index contributed by atoms with van der Waals surface area (Å²) in [6.07, 6.45) is 0. The van der Waals surface area contributed by atoms with Crippen LogP contribution >= 0.6 is 0 Å². The molecule has 0 N–H and O–H groups in total. The van der Waals surface area contributed by atoms with Gasteiger partial charge in [0.15, 0.2) is 0 Å². The Morgan fingerprint density at radius 1 is 1.10 bits per heavy atom. The summed E-state index contributed by atoms with van der Waals surface area (Å²) in [4.78, 5) is 20.4. The van der Waals surface area contributed by atoms with E-state index in [1.54, 1.807) is 19.9 Å². The van der Waals surface area contributed by atoms with Crippen LogP contribution in [0.25, 0.3) is 5.95 Å². The van der Waals surface area contributed by atoms with Gasteiger partial charge in [-0.15, -0.1) is 0 Å². The van der Waals surface area contributed by atoms with Gasteiger partial charge in [0.05, 0.1) is 11.6 Å². The molecule has 2 aromatic rings. The fourth-order valence-corrected chi connectivity index (χ4v) is 1.71. The van der Waals surface area contributed by atoms with Crippen LogP contribution in [0, 0.1) is 26.7 Å². The Bertz CT molecular complexity index is 626. The first-order chi connectivity index (χ1) is 9.36. The molecule has 20 heavy (non-hydrogen) atoms. The predicted octanol–water partition coefficient (Wildman–Crippen LogP) is 2.15. The summed E-state index contributed by atoms with van der Waals surface area (Å²) >= 11 is 0. The van der Waals surface area contributed by atoms with E-state index in [1.165, 1.54) is 4.68 Å². The normalized spacial score (nSPS) is 10.9. The molecule has 0 aliphatic carbocycles. The first-order valence-electron chi connectivity index (χ1n) is 6.48. The van der Waals surface area contributed by atoms with Crippen molar-refractivity contribution in [3.8, 4) is 11.8 Å². The highest BCUT2D eigenvalue weighted by Crippen LogP contribution is 2.18. The minimum Gasteiger partial charge on any atom is -0.407 e. The lowest BCUT2D eigenvalue weighted by Gasteiger charge is -2.09. The first-order valence-corrected chi connectivity index (χ1v) is 6.48. The van der Waals surface area contributed by atoms with Crippen molar-refractivity contribution in [2.45, 2.75) is 34.6 Å². The van der Waals surface area contributed by atoms with Gasteiger partial charge in [-0.2, -0.15) is 9.78 Å². The second kappa shape index (κ2) is 5.40. The molecule has 2 heterocycles. The Morgan fingerprint density at radius 3 is 2.25 bits per heavy atom. The van der Waals surface area contributed by atoms with Crippen LogP contribution in [-0.2, 0) is 4.79 Å². The van der Waals surface area contributed by atoms with Gasteiger partial charge in [0.25, 0.3) is 5.95 Å². The Balaban J connectivity index is 2.43. The Kier molecular flexibility index (Phi) is 3.83. The van der Waals surface area contributed by atoms with Crippen molar-refractivity contribution in [3.05, 3.63) is 29.2 Å². The third-order valence-corrected chi connectivity index (χ3v) is 2.64. The topological polar surface area (TPSA) is 69.9 Å². The summed E-state index contributed by atoms with van der Waals surface area (Å²) in [6, 6.07) is 3.57. The molecule has 0 aliphatic heterocycles. The minimum atomic E-state index is -0.310. The maximum atomic E-state index is 11.7. The van der Waals surface area contributed by atoms with Crippen molar-refractivity contribution < 1.29 is 9.53 Å². The Labute approximate surface area is 117 Å². The number of esters is 1. The lowest BCUT2D eigenvalue weighted by Crippen LogP contribution is -2.17. The maximum Gasteiger partial charge on any atom is 0.315 e. The van der Waals surface area contributed by atoms with E-state index in [9.17, 15) is 4.79 Å². The molecule has 0 unspecified atom stereocenters. The zero-order valence-corrected chi connectivity index (χ0v) is 12.3. The standard InChI is InChI=1S/C14H18N4O2/c1-8(2)13(19)20-12-7-11(5)17-18(12)14-15-9(3)6-10(4)16-14/h6-8H,1-5H3. The van der Waals surface area contributed by atoms with Crippen LogP contribution in [0.3, 0.4) is 0 Å². The SMILES string of the molecule is Cc1cc(C)nc(-n2nc(C)cc2OC(=O)C(C)C)n1. The van der Waals surface area contributed by atoms with Crippen LogP contribution in [0.15, 0.2) is 12.1 Å². The predicted molar refractivity (Wildman–Crippen MR) is 73.8 cm³/mol. The van der Waals surface area contributed by atoms with Gasteiger partial charge in [0.1, 0.15) is 0 Å². The lowest BCUT2D eigenvalue weighted by atomic mass is 10.2. The maximum absolute atomic E-state index is 11.7. The molecule has 0 amide bonds. The van der Waals surface area contributed by atoms with Crippen molar-refractivity contribution in [1.82, 2.24) is 19.7 Å². The smallest absolute Gasteiger partial charge is 0.315 e. The number of rotatable bonds is 3. The van der Waals surface area contributed by atoms with Crippen LogP contribution in [0.5, 0.6) is 5.88 Å². The summed E-state index contributed by atoms with van der Waals surface area (Å²) in [5.41, 5.74) is 2.41. The quantitative estimate of drug-likeness (QED) is 0.802. The van der Waals surface area contributed by atoms with E-state index in [1.807, 2.05) is 26.8 Å². The highest BCUT2D eigenvalue weighted by atomic mass is 16.5. The Morgan fingerprint density at radius 2 is 1.70 bits per heavy atom. The van der Waals surface area contributed by atoms with Gasteiger partial charge < -0.3 is 4.74 Å². The first kappa shape index (κ1) is 14.2. The van der Waals surface area contributed by atoms with E-state index in [2.05, 4.69) is 15.1 Å². The van der Waals surface area contributed by atoms with E-state index >= 15 is 0 Å². The highest BCUT2D eigenvalue weighted by Gasteiger charge is 2.17. The van der Waals surface area contributed by atoms with Crippen molar-refractivity contribution in [2.24, 2.45) is 5.92 Å². The molecule has 2 rings (SSSR count). The van der Waals surface area contributed by atoms with Crippen LogP contribution in [0.2, 0.25) is 0 Å². The molecule has 0 saturated heterocycles. The van der Waals surface area contributed by atoms with Gasteiger partial charge in [-0.1, -0.05) is 13.8 Å². The number of aryl methyl sites for hydroxylation is 3. The van der Waals surface area contributed by atoms with Crippen molar-refractivity contribution in [1.29, 1.82) is 0 Å². The number of hydrogen-bond donors (Lipinski definition) is 0. The minimum absolute atomic E-state index is 0.209. The largest absolute Gasteiger partial charge is 0.407 e. The summed E-state index contributed by atoms with van der Waals surface area (Å²) < 4.78 is 6.80. The van der Waals surface area contributed by atoms with Gasteiger partial charge in [-0.05, 0) is 26.8 Å². The van der Waals surface area contributed by atoms with Gasteiger partial charge in [0, 0.05) is 17.5 Å². The summed E-state index contributed by atoms with van der Waals surface area (Å²) in [5.74, 6) is 0.225. The molecule has 0 atom stereocenters. The van der Waals surface area contributed by atoms with Crippen LogP contribution in [0.1, 0.15) is 30.9 Å². The number of carbonyl (C=O) groups excluding carboxylic acids is 1. The average molecular weight is 274 g/mol. The molecule has 0 aliphatic rings. The number of carbonyl (C=O) groups is 1. The van der Waals surface area contributed by atoms with Crippen LogP contribution in [-0.4, -0.2) is 25.7 Å². The van der Waals surface area contributed by atoms with Crippen molar-refractivity contribution in [3.63, 3.8) is 0 Å². The molecule has 6 nitrogen and oxygen atoms in total. The summed E-state index contributed by atoms with van der Waals surface area (Å²) in [7, 11) is 0.